The van der Waals surface area contributed by atoms with E-state index in [1.54, 1.807) is 17.4 Å². The quantitative estimate of drug-likeness (QED) is 0.671. The van der Waals surface area contributed by atoms with Gasteiger partial charge >= 0.3 is 0 Å². The molecule has 0 bridgehead atoms. The van der Waals surface area contributed by atoms with Gasteiger partial charge in [0.1, 0.15) is 0 Å². The maximum atomic E-state index is 6.17. The number of hydrazine groups is 1. The number of nitrogens with one attached hydrogen (secondary N) is 1. The fourth-order valence-electron chi connectivity index (χ4n) is 1.72. The molecule has 0 amide bonds. The highest BCUT2D eigenvalue weighted by Gasteiger charge is 2.16. The summed E-state index contributed by atoms with van der Waals surface area (Å²) < 4.78 is 0. The zero-order valence-electron chi connectivity index (χ0n) is 9.78. The first-order valence-corrected chi connectivity index (χ1v) is 7.06. The van der Waals surface area contributed by atoms with E-state index in [4.69, 9.17) is 29.0 Å². The van der Waals surface area contributed by atoms with Crippen molar-refractivity contribution < 1.29 is 0 Å². The monoisotopic (exact) mass is 301 g/mol. The molecule has 0 radical (unpaired) electrons. The van der Waals surface area contributed by atoms with Crippen molar-refractivity contribution in [3.05, 3.63) is 49.9 Å². The first-order valence-electron chi connectivity index (χ1n) is 5.43. The summed E-state index contributed by atoms with van der Waals surface area (Å²) in [6, 6.07) is 5.53. The lowest BCUT2D eigenvalue weighted by Crippen LogP contribution is -2.29. The smallest absolute Gasteiger partial charge is 0.0898 e. The summed E-state index contributed by atoms with van der Waals surface area (Å²) in [6.07, 6.45) is 0.652. The second kappa shape index (κ2) is 5.99. The molecule has 2 rings (SSSR count). The highest BCUT2D eigenvalue weighted by Crippen LogP contribution is 2.29. The van der Waals surface area contributed by atoms with E-state index < -0.39 is 0 Å². The van der Waals surface area contributed by atoms with Crippen LogP contribution in [0.25, 0.3) is 0 Å². The molecule has 1 aromatic carbocycles. The first kappa shape index (κ1) is 13.8. The summed E-state index contributed by atoms with van der Waals surface area (Å²) in [4.78, 5) is 4.43. The second-order valence-corrected chi connectivity index (χ2v) is 5.78. The van der Waals surface area contributed by atoms with Crippen molar-refractivity contribution in [1.29, 1.82) is 0 Å². The van der Waals surface area contributed by atoms with Crippen molar-refractivity contribution >= 4 is 34.5 Å². The molecule has 1 heterocycles. The predicted octanol–water partition coefficient (Wildman–Crippen LogP) is 3.51. The molecule has 0 spiro atoms. The van der Waals surface area contributed by atoms with Crippen molar-refractivity contribution in [1.82, 2.24) is 10.4 Å². The van der Waals surface area contributed by atoms with Crippen LogP contribution in [0.1, 0.15) is 22.3 Å². The molecule has 1 aromatic heterocycles. The normalized spacial score (nSPS) is 12.7. The number of benzene rings is 1. The van der Waals surface area contributed by atoms with Crippen molar-refractivity contribution in [2.24, 2.45) is 5.84 Å². The third kappa shape index (κ3) is 3.02. The molecule has 18 heavy (non-hydrogen) atoms. The molecule has 0 saturated carbocycles. The predicted molar refractivity (Wildman–Crippen MR) is 77.1 cm³/mol. The lowest BCUT2D eigenvalue weighted by molar-refractivity contribution is 0.540. The number of aryl methyl sites for hydroxylation is 1. The summed E-state index contributed by atoms with van der Waals surface area (Å²) in [5, 5.41) is 4.14. The van der Waals surface area contributed by atoms with Gasteiger partial charge in [0.2, 0.25) is 0 Å². The molecule has 0 fully saturated rings. The van der Waals surface area contributed by atoms with Gasteiger partial charge in [0.05, 0.1) is 26.8 Å². The van der Waals surface area contributed by atoms with Gasteiger partial charge in [-0.05, 0) is 25.0 Å². The van der Waals surface area contributed by atoms with Gasteiger partial charge in [0, 0.05) is 5.38 Å². The number of hydrogen-bond acceptors (Lipinski definition) is 4. The topological polar surface area (TPSA) is 50.9 Å². The largest absolute Gasteiger partial charge is 0.271 e. The molecule has 0 aliphatic rings. The molecule has 2 aromatic rings. The second-order valence-electron chi connectivity index (χ2n) is 3.93. The van der Waals surface area contributed by atoms with Gasteiger partial charge in [-0.3, -0.25) is 11.3 Å². The molecule has 1 atom stereocenters. The van der Waals surface area contributed by atoms with Crippen molar-refractivity contribution in [3.8, 4) is 0 Å². The molecule has 3 N–H and O–H groups in total. The fraction of sp³-hybridized carbons (Fsp3) is 0.250. The third-order valence-corrected chi connectivity index (χ3v) is 4.30. The zero-order valence-corrected chi connectivity index (χ0v) is 12.1. The van der Waals surface area contributed by atoms with Crippen LogP contribution in [-0.2, 0) is 6.42 Å². The fourth-order valence-corrected chi connectivity index (χ4v) is 2.78. The van der Waals surface area contributed by atoms with Crippen molar-refractivity contribution in [2.45, 2.75) is 19.4 Å². The van der Waals surface area contributed by atoms with Crippen LogP contribution in [0, 0.1) is 6.92 Å². The lowest BCUT2D eigenvalue weighted by atomic mass is 10.0. The Bertz CT molecular complexity index is 542. The van der Waals surface area contributed by atoms with E-state index in [0.717, 1.165) is 16.3 Å². The van der Waals surface area contributed by atoms with E-state index in [1.165, 1.54) is 0 Å². The average Bonchev–Trinajstić information content (AvgIpc) is 2.78. The summed E-state index contributed by atoms with van der Waals surface area (Å²) >= 11 is 13.8. The van der Waals surface area contributed by atoms with E-state index in [2.05, 4.69) is 10.4 Å². The van der Waals surface area contributed by atoms with Crippen molar-refractivity contribution in [3.63, 3.8) is 0 Å². The van der Waals surface area contributed by atoms with Crippen LogP contribution in [-0.4, -0.2) is 4.98 Å². The number of nitrogens with two attached hydrogens (primary N) is 1. The van der Waals surface area contributed by atoms with Crippen LogP contribution < -0.4 is 11.3 Å². The molecule has 6 heteroatoms. The Morgan fingerprint density at radius 2 is 2.22 bits per heavy atom. The minimum absolute atomic E-state index is 0.0640. The lowest BCUT2D eigenvalue weighted by Gasteiger charge is -2.15. The average molecular weight is 302 g/mol. The molecule has 0 saturated heterocycles. The molecular weight excluding hydrogens is 289 g/mol. The van der Waals surface area contributed by atoms with E-state index in [-0.39, 0.29) is 6.04 Å². The molecule has 0 aliphatic carbocycles. The number of nitrogens with zero attached hydrogens (tertiary/aromatic N) is 1. The third-order valence-electron chi connectivity index (χ3n) is 2.65. The Hall–Kier alpha value is -0.650. The van der Waals surface area contributed by atoms with Crippen LogP contribution in [0.3, 0.4) is 0 Å². The summed E-state index contributed by atoms with van der Waals surface area (Å²) in [5.41, 5.74) is 4.65. The standard InChI is InChI=1S/C12H13Cl2N3S/c1-7-16-11(6-18-7)10(17-15)5-8-3-2-4-9(13)12(8)14/h2-4,6,10,17H,5,15H2,1H3. The minimum Gasteiger partial charge on any atom is -0.271 e. The van der Waals surface area contributed by atoms with Crippen LogP contribution in [0.4, 0.5) is 0 Å². The van der Waals surface area contributed by atoms with Gasteiger partial charge in [-0.2, -0.15) is 0 Å². The van der Waals surface area contributed by atoms with Gasteiger partial charge in [-0.15, -0.1) is 11.3 Å². The highest BCUT2D eigenvalue weighted by molar-refractivity contribution is 7.09. The maximum Gasteiger partial charge on any atom is 0.0898 e. The van der Waals surface area contributed by atoms with E-state index in [0.29, 0.717) is 16.5 Å². The number of halogens is 2. The van der Waals surface area contributed by atoms with E-state index >= 15 is 0 Å². The zero-order chi connectivity index (χ0) is 13.1. The molecule has 96 valence electrons. The Morgan fingerprint density at radius 3 is 2.83 bits per heavy atom. The van der Waals surface area contributed by atoms with E-state index in [1.807, 2.05) is 24.4 Å². The Morgan fingerprint density at radius 1 is 1.44 bits per heavy atom. The van der Waals surface area contributed by atoms with Crippen LogP contribution in [0.2, 0.25) is 10.0 Å². The Kier molecular flexibility index (Phi) is 4.59. The molecule has 3 nitrogen and oxygen atoms in total. The highest BCUT2D eigenvalue weighted by atomic mass is 35.5. The summed E-state index contributed by atoms with van der Waals surface area (Å²) in [6.45, 7) is 1.97. The molecule has 0 aliphatic heterocycles. The van der Waals surface area contributed by atoms with Gasteiger partial charge in [0.25, 0.3) is 0 Å². The van der Waals surface area contributed by atoms with Crippen molar-refractivity contribution in [2.75, 3.05) is 0 Å². The molecular formula is C12H13Cl2N3S. The summed E-state index contributed by atoms with van der Waals surface area (Å²) in [7, 11) is 0. The number of aromatic nitrogens is 1. The van der Waals surface area contributed by atoms with Gasteiger partial charge in [-0.25, -0.2) is 4.98 Å². The summed E-state index contributed by atoms with van der Waals surface area (Å²) in [5.74, 6) is 5.59. The first-order chi connectivity index (χ1) is 8.61. The number of rotatable bonds is 4. The SMILES string of the molecule is Cc1nc(C(Cc2cccc(Cl)c2Cl)NN)cs1. The van der Waals surface area contributed by atoms with Crippen LogP contribution in [0.15, 0.2) is 23.6 Å². The number of thiazole rings is 1. The maximum absolute atomic E-state index is 6.17. The van der Waals surface area contributed by atoms with Crippen LogP contribution in [0.5, 0.6) is 0 Å². The van der Waals surface area contributed by atoms with Gasteiger partial charge < -0.3 is 0 Å². The Balaban J connectivity index is 2.23. The van der Waals surface area contributed by atoms with E-state index in [9.17, 15) is 0 Å². The van der Waals surface area contributed by atoms with Crippen LogP contribution >= 0.6 is 34.5 Å². The molecule has 1 unspecified atom stereocenters. The minimum atomic E-state index is -0.0640. The van der Waals surface area contributed by atoms with Gasteiger partial charge in [0.15, 0.2) is 0 Å². The number of hydrogen-bond donors (Lipinski definition) is 2. The van der Waals surface area contributed by atoms with Gasteiger partial charge in [-0.1, -0.05) is 35.3 Å². The Labute approximate surface area is 120 Å².